The molecule has 3 aromatic rings. The van der Waals surface area contributed by atoms with Gasteiger partial charge in [-0.1, -0.05) is 35.8 Å². The molecule has 0 fully saturated rings. The van der Waals surface area contributed by atoms with Gasteiger partial charge >= 0.3 is 0 Å². The molecular weight excluding hydrogens is 426 g/mol. The molecule has 5 nitrogen and oxygen atoms in total. The number of thiophene rings is 1. The summed E-state index contributed by atoms with van der Waals surface area (Å²) in [4.78, 5) is 30.6. The van der Waals surface area contributed by atoms with E-state index in [1.807, 2.05) is 23.6 Å². The molecule has 0 saturated heterocycles. The Morgan fingerprint density at radius 1 is 1.33 bits per heavy atom. The molecule has 27 heavy (non-hydrogen) atoms. The van der Waals surface area contributed by atoms with Gasteiger partial charge in [0.1, 0.15) is 0 Å². The summed E-state index contributed by atoms with van der Waals surface area (Å²) in [5, 5.41) is 5.68. The Hall–Kier alpha value is -1.99. The number of hydrogen-bond acceptors (Lipinski definition) is 4. The lowest BCUT2D eigenvalue weighted by molar-refractivity contribution is -0.122. The van der Waals surface area contributed by atoms with Crippen LogP contribution in [0.5, 0.6) is 0 Å². The van der Waals surface area contributed by atoms with Crippen molar-refractivity contribution >= 4 is 44.1 Å². The van der Waals surface area contributed by atoms with Crippen molar-refractivity contribution in [2.45, 2.75) is 39.3 Å². The first-order chi connectivity index (χ1) is 12.9. The topological polar surface area (TPSA) is 64.0 Å². The average molecular weight is 448 g/mol. The van der Waals surface area contributed by atoms with Gasteiger partial charge in [0.15, 0.2) is 0 Å². The Morgan fingerprint density at radius 2 is 2.15 bits per heavy atom. The molecule has 0 aliphatic heterocycles. The van der Waals surface area contributed by atoms with Crippen molar-refractivity contribution in [2.75, 3.05) is 0 Å². The van der Waals surface area contributed by atoms with Crippen molar-refractivity contribution in [1.29, 1.82) is 0 Å². The highest BCUT2D eigenvalue weighted by atomic mass is 79.9. The second-order valence-corrected chi connectivity index (χ2v) is 8.81. The predicted octanol–water partition coefficient (Wildman–Crippen LogP) is 4.51. The number of aromatic nitrogens is 2. The first-order valence-electron chi connectivity index (χ1n) is 8.91. The minimum Gasteiger partial charge on any atom is -0.348 e. The third-order valence-electron chi connectivity index (χ3n) is 4.29. The smallest absolute Gasteiger partial charge is 0.261 e. The molecule has 1 aromatic carbocycles. The molecule has 0 radical (unpaired) electrons. The summed E-state index contributed by atoms with van der Waals surface area (Å²) in [7, 11) is 0. The van der Waals surface area contributed by atoms with Crippen LogP contribution in [0.25, 0.3) is 10.9 Å². The summed E-state index contributed by atoms with van der Waals surface area (Å²) in [6, 6.07) is 9.48. The molecule has 2 heterocycles. The minimum absolute atomic E-state index is 0.0138. The normalized spacial score (nSPS) is 12.4. The van der Waals surface area contributed by atoms with E-state index >= 15 is 0 Å². The van der Waals surface area contributed by atoms with Crippen LogP contribution in [0.15, 0.2) is 51.3 Å². The number of benzene rings is 1. The number of hydrogen-bond donors (Lipinski definition) is 1. The van der Waals surface area contributed by atoms with E-state index in [0.717, 1.165) is 15.8 Å². The number of amides is 1. The van der Waals surface area contributed by atoms with Gasteiger partial charge in [-0.15, -0.1) is 11.3 Å². The molecule has 1 amide bonds. The quantitative estimate of drug-likeness (QED) is 0.578. The third-order valence-corrected chi connectivity index (χ3v) is 5.77. The molecular formula is C20H22BrN3O2S. The van der Waals surface area contributed by atoms with Crippen LogP contribution in [0.3, 0.4) is 0 Å². The molecule has 7 heteroatoms. The molecule has 0 saturated carbocycles. The largest absolute Gasteiger partial charge is 0.348 e. The van der Waals surface area contributed by atoms with Gasteiger partial charge in [0.2, 0.25) is 5.91 Å². The zero-order chi connectivity index (χ0) is 19.4. The van der Waals surface area contributed by atoms with Crippen LogP contribution in [-0.2, 0) is 11.3 Å². The van der Waals surface area contributed by atoms with E-state index < -0.39 is 0 Å². The fourth-order valence-corrected chi connectivity index (χ4v) is 4.14. The van der Waals surface area contributed by atoms with E-state index in [-0.39, 0.29) is 23.9 Å². The molecule has 0 bridgehead atoms. The van der Waals surface area contributed by atoms with Crippen LogP contribution >= 0.6 is 27.3 Å². The number of fused-ring (bicyclic) bond motifs is 1. The lowest BCUT2D eigenvalue weighted by atomic mass is 10.0. The second kappa shape index (κ2) is 8.80. The van der Waals surface area contributed by atoms with Crippen LogP contribution in [0, 0.1) is 5.92 Å². The van der Waals surface area contributed by atoms with E-state index in [1.54, 1.807) is 23.5 Å². The van der Waals surface area contributed by atoms with Gasteiger partial charge in [-0.3, -0.25) is 14.2 Å². The van der Waals surface area contributed by atoms with E-state index in [1.165, 1.54) is 10.9 Å². The highest BCUT2D eigenvalue weighted by Gasteiger charge is 2.17. The van der Waals surface area contributed by atoms with Crippen molar-refractivity contribution in [3.8, 4) is 0 Å². The maximum absolute atomic E-state index is 12.6. The highest BCUT2D eigenvalue weighted by Crippen LogP contribution is 2.25. The number of halogens is 1. The van der Waals surface area contributed by atoms with Gasteiger partial charge in [-0.05, 0) is 42.0 Å². The fourth-order valence-electron chi connectivity index (χ4n) is 2.99. The maximum Gasteiger partial charge on any atom is 0.261 e. The molecule has 2 aromatic heterocycles. The van der Waals surface area contributed by atoms with Crippen LogP contribution in [-0.4, -0.2) is 15.5 Å². The predicted molar refractivity (Wildman–Crippen MR) is 113 cm³/mol. The zero-order valence-electron chi connectivity index (χ0n) is 15.3. The summed E-state index contributed by atoms with van der Waals surface area (Å²) in [5.74, 6) is 0.415. The highest BCUT2D eigenvalue weighted by molar-refractivity contribution is 9.10. The van der Waals surface area contributed by atoms with Crippen LogP contribution in [0.2, 0.25) is 0 Å². The van der Waals surface area contributed by atoms with Crippen molar-refractivity contribution < 1.29 is 4.79 Å². The van der Waals surface area contributed by atoms with Gasteiger partial charge in [0, 0.05) is 22.3 Å². The molecule has 1 N–H and O–H groups in total. The number of aryl methyl sites for hydroxylation is 1. The number of nitrogens with zero attached hydrogens (tertiary/aromatic N) is 2. The Morgan fingerprint density at radius 3 is 2.85 bits per heavy atom. The third kappa shape index (κ3) is 5.05. The first-order valence-corrected chi connectivity index (χ1v) is 10.6. The first kappa shape index (κ1) is 19.8. The van der Waals surface area contributed by atoms with E-state index in [2.05, 4.69) is 40.1 Å². The monoisotopic (exact) mass is 447 g/mol. The second-order valence-electron chi connectivity index (χ2n) is 6.92. The Bertz CT molecular complexity index is 983. The van der Waals surface area contributed by atoms with Gasteiger partial charge in [-0.2, -0.15) is 0 Å². The molecule has 1 atom stereocenters. The van der Waals surface area contributed by atoms with Crippen LogP contribution in [0.4, 0.5) is 0 Å². The average Bonchev–Trinajstić information content (AvgIpc) is 3.15. The lowest BCUT2D eigenvalue weighted by Crippen LogP contribution is -2.31. The Kier molecular flexibility index (Phi) is 6.44. The van der Waals surface area contributed by atoms with Crippen molar-refractivity contribution in [3.63, 3.8) is 0 Å². The standard InChI is InChI=1S/C20H22BrN3O2S/c1-13(2)10-17(18-4-3-9-27-18)23-19(25)7-8-24-12-22-16-6-5-14(21)11-15(16)20(24)26/h3-6,9,11-13,17H,7-8,10H2,1-2H3,(H,23,25). The van der Waals surface area contributed by atoms with Crippen molar-refractivity contribution in [3.05, 3.63) is 61.7 Å². The van der Waals surface area contributed by atoms with E-state index in [0.29, 0.717) is 23.4 Å². The summed E-state index contributed by atoms with van der Waals surface area (Å²) in [5.41, 5.74) is 0.518. The number of rotatable bonds is 7. The summed E-state index contributed by atoms with van der Waals surface area (Å²) in [6.45, 7) is 4.59. The molecule has 0 spiro atoms. The summed E-state index contributed by atoms with van der Waals surface area (Å²) in [6.07, 6.45) is 2.63. The van der Waals surface area contributed by atoms with Crippen molar-refractivity contribution in [2.24, 2.45) is 5.92 Å². The lowest BCUT2D eigenvalue weighted by Gasteiger charge is -2.19. The molecule has 3 rings (SSSR count). The zero-order valence-corrected chi connectivity index (χ0v) is 17.7. The minimum atomic E-state index is -0.133. The van der Waals surface area contributed by atoms with Crippen molar-refractivity contribution in [1.82, 2.24) is 14.9 Å². The van der Waals surface area contributed by atoms with Gasteiger partial charge in [-0.25, -0.2) is 4.98 Å². The summed E-state index contributed by atoms with van der Waals surface area (Å²) < 4.78 is 2.33. The molecule has 0 aliphatic carbocycles. The van der Waals surface area contributed by atoms with Gasteiger partial charge in [0.05, 0.1) is 23.3 Å². The molecule has 0 aliphatic rings. The molecule has 1 unspecified atom stereocenters. The fraction of sp³-hybridized carbons (Fsp3) is 0.350. The molecule has 142 valence electrons. The Balaban J connectivity index is 1.69. The SMILES string of the molecule is CC(C)CC(NC(=O)CCn1cnc2ccc(Br)cc2c1=O)c1cccs1. The summed E-state index contributed by atoms with van der Waals surface area (Å²) >= 11 is 5.03. The van der Waals surface area contributed by atoms with E-state index in [4.69, 9.17) is 0 Å². The van der Waals surface area contributed by atoms with E-state index in [9.17, 15) is 9.59 Å². The van der Waals surface area contributed by atoms with Crippen LogP contribution in [0.1, 0.15) is 37.6 Å². The number of carbonyl (C=O) groups is 1. The van der Waals surface area contributed by atoms with Gasteiger partial charge in [0.25, 0.3) is 5.56 Å². The number of carbonyl (C=O) groups excluding carboxylic acids is 1. The maximum atomic E-state index is 12.6. The van der Waals surface area contributed by atoms with Gasteiger partial charge < -0.3 is 5.32 Å². The number of nitrogens with one attached hydrogen (secondary N) is 1. The van der Waals surface area contributed by atoms with Crippen LogP contribution < -0.4 is 10.9 Å². The Labute approximate surface area is 170 Å².